The minimum Gasteiger partial charge on any atom is -0.477 e. The maximum absolute atomic E-state index is 14.0. The largest absolute Gasteiger partial charge is 0.477 e. The van der Waals surface area contributed by atoms with Crippen LogP contribution in [0.1, 0.15) is 45.9 Å². The Morgan fingerprint density at radius 1 is 1.00 bits per heavy atom. The molecule has 1 aliphatic heterocycles. The topological polar surface area (TPSA) is 208 Å². The standard InChI is InChI=1S/C35H41ClF3N11O5/c1-46-27(25-20-49(45-31(25)35(37,38)39)28-9-6-22(41)18-42-28)19-43-32(46)33(54)44-23-7-8-24(26(36)17-23)34(55)48-13-11-47(12-14-48)29(51)5-3-15-50(2,16-4-10-40)21-30(52)53/h6-9,17-20H,3-5,10-16,21,40-41H2,1-2H3,(H-,44,52,53,54,55)/p+1. The Balaban J connectivity index is 1.19. The average Bonchev–Trinajstić information content (AvgIpc) is 3.75. The van der Waals surface area contributed by atoms with E-state index >= 15 is 0 Å². The number of halogens is 4. The summed E-state index contributed by atoms with van der Waals surface area (Å²) in [5.41, 5.74) is 10.4. The third kappa shape index (κ3) is 9.78. The van der Waals surface area contributed by atoms with Gasteiger partial charge in [0.1, 0.15) is 0 Å². The molecule has 3 aromatic heterocycles. The van der Waals surface area contributed by atoms with E-state index < -0.39 is 23.7 Å². The maximum atomic E-state index is 14.0. The van der Waals surface area contributed by atoms with Crippen molar-refractivity contribution in [3.63, 3.8) is 0 Å². The molecule has 16 nitrogen and oxygen atoms in total. The van der Waals surface area contributed by atoms with Gasteiger partial charge in [-0.25, -0.2) is 19.4 Å². The second-order valence-corrected chi connectivity index (χ2v) is 13.9. The summed E-state index contributed by atoms with van der Waals surface area (Å²) < 4.78 is 44.6. The summed E-state index contributed by atoms with van der Waals surface area (Å²) in [6.45, 7) is 2.71. The normalized spacial score (nSPS) is 14.5. The predicted molar refractivity (Wildman–Crippen MR) is 196 cm³/mol. The number of aliphatic carboxylic acids is 1. The molecule has 1 fully saturated rings. The molecule has 1 aromatic carbocycles. The van der Waals surface area contributed by atoms with E-state index in [1.807, 2.05) is 7.05 Å². The molecule has 3 amide bonds. The van der Waals surface area contributed by atoms with E-state index in [1.54, 1.807) is 9.80 Å². The molecule has 1 aliphatic rings. The number of imidazole rings is 1. The molecule has 0 saturated carbocycles. The highest BCUT2D eigenvalue weighted by Crippen LogP contribution is 2.37. The summed E-state index contributed by atoms with van der Waals surface area (Å²) in [4.78, 5) is 62.3. The molecular weight excluding hydrogens is 747 g/mol. The predicted octanol–water partition coefficient (Wildman–Crippen LogP) is 3.12. The Kier molecular flexibility index (Phi) is 12.5. The summed E-state index contributed by atoms with van der Waals surface area (Å²) in [7, 11) is 3.24. The van der Waals surface area contributed by atoms with E-state index in [-0.39, 0.29) is 77.0 Å². The van der Waals surface area contributed by atoms with Crippen molar-refractivity contribution in [1.82, 2.24) is 34.1 Å². The molecule has 5 rings (SSSR count). The van der Waals surface area contributed by atoms with Gasteiger partial charge in [-0.15, -0.1) is 0 Å². The van der Waals surface area contributed by atoms with Gasteiger partial charge in [-0.3, -0.25) is 14.4 Å². The van der Waals surface area contributed by atoms with Crippen LogP contribution >= 0.6 is 11.6 Å². The van der Waals surface area contributed by atoms with Gasteiger partial charge in [-0.05, 0) is 36.9 Å². The Morgan fingerprint density at radius 3 is 2.31 bits per heavy atom. The first kappa shape index (κ1) is 40.7. The first-order valence-electron chi connectivity index (χ1n) is 17.3. The number of nitrogens with zero attached hydrogens (tertiary/aromatic N) is 8. The van der Waals surface area contributed by atoms with Crippen molar-refractivity contribution < 1.29 is 41.9 Å². The van der Waals surface area contributed by atoms with E-state index in [9.17, 15) is 37.5 Å². The number of carboxylic acids is 1. The number of nitrogen functional groups attached to an aromatic ring is 1. The number of rotatable bonds is 14. The number of piperazine rings is 1. The SMILES string of the molecule is Cn1c(-c2cn(-c3ccc(N)cn3)nc2C(F)(F)F)cnc1C(=O)Nc1ccc(C(=O)N2CCN(C(=O)CCC[N+](C)(CCCN)CC(=O)O)CC2)c(Cl)c1. The highest BCUT2D eigenvalue weighted by Gasteiger charge is 2.39. The van der Waals surface area contributed by atoms with Crippen molar-refractivity contribution >= 4 is 46.7 Å². The summed E-state index contributed by atoms with van der Waals surface area (Å²) >= 11 is 6.49. The molecule has 1 unspecified atom stereocenters. The first-order chi connectivity index (χ1) is 26.0. The lowest BCUT2D eigenvalue weighted by atomic mass is 10.1. The fraction of sp³-hybridized carbons (Fsp3) is 0.400. The molecule has 4 heterocycles. The van der Waals surface area contributed by atoms with Gasteiger partial charge in [0.25, 0.3) is 11.8 Å². The van der Waals surface area contributed by atoms with Crippen molar-refractivity contribution in [3.05, 3.63) is 71.0 Å². The zero-order valence-corrected chi connectivity index (χ0v) is 31.0. The molecule has 55 heavy (non-hydrogen) atoms. The fourth-order valence-electron chi connectivity index (χ4n) is 6.41. The van der Waals surface area contributed by atoms with Crippen LogP contribution in [0.2, 0.25) is 5.02 Å². The molecule has 4 aromatic rings. The van der Waals surface area contributed by atoms with Gasteiger partial charge in [0.15, 0.2) is 23.9 Å². The van der Waals surface area contributed by atoms with Crippen LogP contribution in [0.25, 0.3) is 17.1 Å². The number of carbonyl (C=O) groups is 4. The number of alkyl halides is 3. The van der Waals surface area contributed by atoms with Crippen LogP contribution in [-0.4, -0.2) is 127 Å². The Hall–Kier alpha value is -5.53. The summed E-state index contributed by atoms with van der Waals surface area (Å²) in [5, 5.41) is 15.7. The van der Waals surface area contributed by atoms with Gasteiger partial charge < -0.3 is 40.7 Å². The zero-order valence-electron chi connectivity index (χ0n) is 30.2. The number of nitrogens with two attached hydrogens (primary N) is 2. The van der Waals surface area contributed by atoms with Crippen molar-refractivity contribution in [2.45, 2.75) is 25.4 Å². The summed E-state index contributed by atoms with van der Waals surface area (Å²) in [6, 6.07) is 7.19. The number of nitrogens with one attached hydrogen (secondary N) is 1. The third-order valence-electron chi connectivity index (χ3n) is 9.34. The van der Waals surface area contributed by atoms with Crippen LogP contribution in [0, 0.1) is 0 Å². The first-order valence-corrected chi connectivity index (χ1v) is 17.7. The van der Waals surface area contributed by atoms with Crippen molar-refractivity contribution in [3.8, 4) is 17.1 Å². The fourth-order valence-corrected chi connectivity index (χ4v) is 6.68. The van der Waals surface area contributed by atoms with Crippen molar-refractivity contribution in [1.29, 1.82) is 0 Å². The summed E-state index contributed by atoms with van der Waals surface area (Å²) in [6.07, 6.45) is 0.172. The average molecular weight is 789 g/mol. The van der Waals surface area contributed by atoms with Gasteiger partial charge in [0.05, 0.1) is 60.1 Å². The lowest BCUT2D eigenvalue weighted by Crippen LogP contribution is -2.51. The molecule has 1 saturated heterocycles. The van der Waals surface area contributed by atoms with Crippen LogP contribution < -0.4 is 16.8 Å². The number of carboxylic acid groups (broad SMARTS) is 1. The van der Waals surface area contributed by atoms with Crippen LogP contribution in [0.3, 0.4) is 0 Å². The Bertz CT molecular complexity index is 2050. The number of quaternary nitrogens is 1. The van der Waals surface area contributed by atoms with Gasteiger partial charge >= 0.3 is 12.1 Å². The number of hydrogen-bond acceptors (Lipinski definition) is 9. The highest BCUT2D eigenvalue weighted by molar-refractivity contribution is 6.34. The number of benzene rings is 1. The quantitative estimate of drug-likeness (QED) is 0.137. The molecular formula is C35H42ClF3N11O5+. The summed E-state index contributed by atoms with van der Waals surface area (Å²) in [5.74, 6) is -2.19. The minimum atomic E-state index is -4.83. The van der Waals surface area contributed by atoms with Gasteiger partial charge in [0.2, 0.25) is 5.91 Å². The molecule has 0 aliphatic carbocycles. The van der Waals surface area contributed by atoms with E-state index in [4.69, 9.17) is 23.1 Å². The second-order valence-electron chi connectivity index (χ2n) is 13.5. The lowest BCUT2D eigenvalue weighted by molar-refractivity contribution is -0.902. The van der Waals surface area contributed by atoms with Gasteiger partial charge in [-0.1, -0.05) is 11.6 Å². The molecule has 20 heteroatoms. The van der Waals surface area contributed by atoms with E-state index in [0.717, 1.165) is 17.1 Å². The van der Waals surface area contributed by atoms with E-state index in [0.29, 0.717) is 55.7 Å². The van der Waals surface area contributed by atoms with E-state index in [2.05, 4.69) is 20.4 Å². The molecule has 0 bridgehead atoms. The van der Waals surface area contributed by atoms with E-state index in [1.165, 1.54) is 48.1 Å². The second kappa shape index (κ2) is 16.9. The van der Waals surface area contributed by atoms with Crippen LogP contribution in [0.5, 0.6) is 0 Å². The third-order valence-corrected chi connectivity index (χ3v) is 9.65. The lowest BCUT2D eigenvalue weighted by Gasteiger charge is -2.36. The number of aromatic nitrogens is 5. The Morgan fingerprint density at radius 2 is 1.69 bits per heavy atom. The zero-order chi connectivity index (χ0) is 40.1. The van der Waals surface area contributed by atoms with Crippen LogP contribution in [-0.2, 0) is 22.8 Å². The number of hydrogen-bond donors (Lipinski definition) is 4. The minimum absolute atomic E-state index is 0.0313. The number of likely N-dealkylation sites (N-methyl/N-ethyl adjacent to an activating group) is 1. The molecule has 0 radical (unpaired) electrons. The van der Waals surface area contributed by atoms with Crippen LogP contribution in [0.4, 0.5) is 24.5 Å². The molecule has 6 N–H and O–H groups in total. The number of anilines is 2. The van der Waals surface area contributed by atoms with Gasteiger partial charge in [-0.2, -0.15) is 18.3 Å². The molecule has 0 spiro atoms. The highest BCUT2D eigenvalue weighted by atomic mass is 35.5. The van der Waals surface area contributed by atoms with Crippen molar-refractivity contribution in [2.75, 3.05) is 70.5 Å². The monoisotopic (exact) mass is 788 g/mol. The van der Waals surface area contributed by atoms with Gasteiger partial charge in [0, 0.05) is 64.4 Å². The molecule has 294 valence electrons. The maximum Gasteiger partial charge on any atom is 0.435 e. The van der Waals surface area contributed by atoms with Crippen molar-refractivity contribution in [2.24, 2.45) is 12.8 Å². The smallest absolute Gasteiger partial charge is 0.435 e. The number of amides is 3. The number of carbonyl (C=O) groups excluding carboxylic acids is 3. The molecule has 1 atom stereocenters. The van der Waals surface area contributed by atoms with Crippen LogP contribution in [0.15, 0.2) is 48.9 Å². The Labute approximate surface area is 319 Å². The number of pyridine rings is 1.